The summed E-state index contributed by atoms with van der Waals surface area (Å²) in [5.41, 5.74) is 0. The normalized spacial score (nSPS) is 14.5. The fourth-order valence-electron chi connectivity index (χ4n) is 1.98. The molecule has 0 amide bonds. The molecule has 5 heteroatoms. The smallest absolute Gasteiger partial charge is 0.228 e. The van der Waals surface area contributed by atoms with Crippen molar-refractivity contribution in [2.24, 2.45) is 0 Å². The van der Waals surface area contributed by atoms with E-state index in [1.807, 2.05) is 6.92 Å². The van der Waals surface area contributed by atoms with Crippen LogP contribution in [0.3, 0.4) is 0 Å². The van der Waals surface area contributed by atoms with E-state index in [0.717, 1.165) is 32.2 Å². The Balaban J connectivity index is 2.57. The number of hydrogen-bond donors (Lipinski definition) is 1. The first-order valence-electron chi connectivity index (χ1n) is 7.42. The molecule has 1 rings (SSSR count). The Morgan fingerprint density at radius 1 is 1.21 bits per heavy atom. The second-order valence-electron chi connectivity index (χ2n) is 4.66. The summed E-state index contributed by atoms with van der Waals surface area (Å²) in [6, 6.07) is 0.403. The maximum absolute atomic E-state index is 5.59. The molecule has 0 aliphatic rings. The van der Waals surface area contributed by atoms with Gasteiger partial charge in [0, 0.05) is 19.1 Å². The standard InChI is InChI=1S/C14H27N3O2/c1-5-9-15-11(6-2)10-13-16-14(17-19-13)12(7-3)18-8-4/h11-12,15H,5-10H2,1-4H3. The average molecular weight is 269 g/mol. The van der Waals surface area contributed by atoms with Crippen molar-refractivity contribution in [2.75, 3.05) is 13.2 Å². The van der Waals surface area contributed by atoms with E-state index >= 15 is 0 Å². The third kappa shape index (κ3) is 5.28. The number of nitrogens with one attached hydrogen (secondary N) is 1. The second-order valence-corrected chi connectivity index (χ2v) is 4.66. The van der Waals surface area contributed by atoms with Crippen molar-refractivity contribution in [1.82, 2.24) is 15.5 Å². The van der Waals surface area contributed by atoms with E-state index < -0.39 is 0 Å². The van der Waals surface area contributed by atoms with Gasteiger partial charge in [-0.3, -0.25) is 0 Å². The quantitative estimate of drug-likeness (QED) is 0.707. The Morgan fingerprint density at radius 3 is 2.58 bits per heavy atom. The first-order chi connectivity index (χ1) is 9.24. The number of hydrogen-bond acceptors (Lipinski definition) is 5. The Bertz CT molecular complexity index is 341. The van der Waals surface area contributed by atoms with Crippen LogP contribution in [-0.2, 0) is 11.2 Å². The molecule has 1 aromatic heterocycles. The summed E-state index contributed by atoms with van der Waals surface area (Å²) >= 11 is 0. The van der Waals surface area contributed by atoms with E-state index in [-0.39, 0.29) is 6.10 Å². The van der Waals surface area contributed by atoms with Crippen LogP contribution in [0, 0.1) is 0 Å². The van der Waals surface area contributed by atoms with Gasteiger partial charge in [-0.15, -0.1) is 0 Å². The maximum atomic E-state index is 5.59. The molecule has 1 N–H and O–H groups in total. The fourth-order valence-corrected chi connectivity index (χ4v) is 1.98. The van der Waals surface area contributed by atoms with Gasteiger partial charge in [-0.1, -0.05) is 25.9 Å². The van der Waals surface area contributed by atoms with Crippen LogP contribution in [0.5, 0.6) is 0 Å². The van der Waals surface area contributed by atoms with Crippen LogP contribution in [-0.4, -0.2) is 29.3 Å². The van der Waals surface area contributed by atoms with Gasteiger partial charge < -0.3 is 14.6 Å². The van der Waals surface area contributed by atoms with Gasteiger partial charge in [0.1, 0.15) is 6.10 Å². The molecule has 1 aromatic rings. The predicted octanol–water partition coefficient (Wildman–Crippen LogP) is 2.88. The van der Waals surface area contributed by atoms with Crippen LogP contribution in [0.25, 0.3) is 0 Å². The van der Waals surface area contributed by atoms with Crippen molar-refractivity contribution < 1.29 is 9.26 Å². The molecule has 0 bridgehead atoms. The minimum Gasteiger partial charge on any atom is -0.370 e. The van der Waals surface area contributed by atoms with Gasteiger partial charge in [-0.25, -0.2) is 0 Å². The average Bonchev–Trinajstić information content (AvgIpc) is 2.89. The Morgan fingerprint density at radius 2 is 2.00 bits per heavy atom. The highest BCUT2D eigenvalue weighted by Gasteiger charge is 2.18. The number of aromatic nitrogens is 2. The van der Waals surface area contributed by atoms with Crippen molar-refractivity contribution in [3.8, 4) is 0 Å². The molecule has 0 spiro atoms. The van der Waals surface area contributed by atoms with E-state index in [2.05, 4.69) is 36.2 Å². The lowest BCUT2D eigenvalue weighted by Gasteiger charge is -2.13. The zero-order chi connectivity index (χ0) is 14.1. The van der Waals surface area contributed by atoms with Crippen molar-refractivity contribution >= 4 is 0 Å². The molecule has 0 aliphatic heterocycles. The summed E-state index contributed by atoms with van der Waals surface area (Å²) < 4.78 is 10.9. The summed E-state index contributed by atoms with van der Waals surface area (Å²) in [7, 11) is 0. The lowest BCUT2D eigenvalue weighted by molar-refractivity contribution is 0.0518. The fraction of sp³-hybridized carbons (Fsp3) is 0.857. The van der Waals surface area contributed by atoms with Gasteiger partial charge >= 0.3 is 0 Å². The van der Waals surface area contributed by atoms with Crippen LogP contribution in [0.15, 0.2) is 4.52 Å². The van der Waals surface area contributed by atoms with Gasteiger partial charge in [0.05, 0.1) is 0 Å². The van der Waals surface area contributed by atoms with Crippen LogP contribution < -0.4 is 5.32 Å². The predicted molar refractivity (Wildman–Crippen MR) is 75.0 cm³/mol. The summed E-state index contributed by atoms with van der Waals surface area (Å²) in [5.74, 6) is 1.37. The largest absolute Gasteiger partial charge is 0.370 e. The first kappa shape index (κ1) is 16.1. The molecule has 0 aromatic carbocycles. The molecular weight excluding hydrogens is 242 g/mol. The van der Waals surface area contributed by atoms with E-state index in [1.165, 1.54) is 0 Å². The maximum Gasteiger partial charge on any atom is 0.228 e. The van der Waals surface area contributed by atoms with Crippen molar-refractivity contribution in [3.63, 3.8) is 0 Å². The van der Waals surface area contributed by atoms with Crippen molar-refractivity contribution in [2.45, 2.75) is 65.5 Å². The lowest BCUT2D eigenvalue weighted by atomic mass is 10.1. The van der Waals surface area contributed by atoms with Gasteiger partial charge in [-0.05, 0) is 32.7 Å². The zero-order valence-corrected chi connectivity index (χ0v) is 12.6. The van der Waals surface area contributed by atoms with Crippen LogP contribution in [0.4, 0.5) is 0 Å². The minimum atomic E-state index is -0.0498. The third-order valence-corrected chi connectivity index (χ3v) is 3.11. The molecule has 0 saturated heterocycles. The number of rotatable bonds is 10. The molecule has 0 aliphatic carbocycles. The van der Waals surface area contributed by atoms with E-state index in [1.54, 1.807) is 0 Å². The van der Waals surface area contributed by atoms with Gasteiger partial charge in [0.2, 0.25) is 11.7 Å². The Hall–Kier alpha value is -0.940. The topological polar surface area (TPSA) is 60.2 Å². The molecule has 0 saturated carbocycles. The molecule has 2 atom stereocenters. The highest BCUT2D eigenvalue weighted by atomic mass is 16.5. The molecular formula is C14H27N3O2. The van der Waals surface area contributed by atoms with Crippen LogP contribution >= 0.6 is 0 Å². The molecule has 110 valence electrons. The Labute approximate surface area is 116 Å². The highest BCUT2D eigenvalue weighted by Crippen LogP contribution is 2.18. The van der Waals surface area contributed by atoms with E-state index in [4.69, 9.17) is 9.26 Å². The molecule has 5 nitrogen and oxygen atoms in total. The number of nitrogens with zero attached hydrogens (tertiary/aromatic N) is 2. The lowest BCUT2D eigenvalue weighted by Crippen LogP contribution is -2.31. The molecule has 0 fully saturated rings. The summed E-state index contributed by atoms with van der Waals surface area (Å²) in [6.45, 7) is 10.1. The van der Waals surface area contributed by atoms with Crippen molar-refractivity contribution in [1.29, 1.82) is 0 Å². The third-order valence-electron chi connectivity index (χ3n) is 3.11. The SMILES string of the molecule is CCCNC(CC)Cc1nc(C(CC)OCC)no1. The van der Waals surface area contributed by atoms with Gasteiger partial charge in [0.25, 0.3) is 0 Å². The first-order valence-corrected chi connectivity index (χ1v) is 7.42. The van der Waals surface area contributed by atoms with E-state index in [0.29, 0.717) is 24.4 Å². The minimum absolute atomic E-state index is 0.0498. The number of ether oxygens (including phenoxy) is 1. The highest BCUT2D eigenvalue weighted by molar-refractivity contribution is 4.93. The van der Waals surface area contributed by atoms with E-state index in [9.17, 15) is 0 Å². The van der Waals surface area contributed by atoms with Gasteiger partial charge in [0.15, 0.2) is 0 Å². The molecule has 19 heavy (non-hydrogen) atoms. The summed E-state index contributed by atoms with van der Waals surface area (Å²) in [6.07, 6.45) is 3.78. The van der Waals surface area contributed by atoms with Crippen LogP contribution in [0.2, 0.25) is 0 Å². The Kier molecular flexibility index (Phi) is 7.67. The zero-order valence-electron chi connectivity index (χ0n) is 12.6. The van der Waals surface area contributed by atoms with Crippen molar-refractivity contribution in [3.05, 3.63) is 11.7 Å². The molecule has 2 unspecified atom stereocenters. The van der Waals surface area contributed by atoms with Crippen LogP contribution in [0.1, 0.15) is 64.8 Å². The second kappa shape index (κ2) is 9.04. The molecule has 0 radical (unpaired) electrons. The summed E-state index contributed by atoms with van der Waals surface area (Å²) in [4.78, 5) is 4.45. The van der Waals surface area contributed by atoms with Gasteiger partial charge in [-0.2, -0.15) is 4.98 Å². The molecule has 1 heterocycles. The monoisotopic (exact) mass is 269 g/mol. The summed E-state index contributed by atoms with van der Waals surface area (Å²) in [5, 5.41) is 7.52.